The smallest absolute Gasteiger partial charge is 0.305 e. The molecular weight excluding hydrogens is 303 g/mol. The van der Waals surface area contributed by atoms with Crippen molar-refractivity contribution in [3.05, 3.63) is 35.1 Å². The van der Waals surface area contributed by atoms with Gasteiger partial charge in [0, 0.05) is 6.42 Å². The van der Waals surface area contributed by atoms with Crippen LogP contribution in [0.4, 0.5) is 4.39 Å². The molecule has 0 saturated heterocycles. The van der Waals surface area contributed by atoms with Gasteiger partial charge in [0.2, 0.25) is 0 Å². The molecule has 0 bridgehead atoms. The molecule has 1 aromatic rings. The van der Waals surface area contributed by atoms with Crippen LogP contribution in [0.25, 0.3) is 0 Å². The van der Waals surface area contributed by atoms with Gasteiger partial charge in [0.1, 0.15) is 5.82 Å². The van der Waals surface area contributed by atoms with Gasteiger partial charge in [-0.25, -0.2) is 4.39 Å². The molecule has 1 saturated carbocycles. The predicted octanol–water partition coefficient (Wildman–Crippen LogP) is 5.50. The molecule has 0 aliphatic heterocycles. The number of benzene rings is 1. The fraction of sp³-hybridized carbons (Fsp3) is 0.611. The van der Waals surface area contributed by atoms with Crippen molar-refractivity contribution in [2.75, 3.05) is 6.61 Å². The van der Waals surface area contributed by atoms with Crippen LogP contribution in [0, 0.1) is 5.82 Å². The summed E-state index contributed by atoms with van der Waals surface area (Å²) in [6.07, 6.45) is 6.49. The van der Waals surface area contributed by atoms with Gasteiger partial charge in [-0.2, -0.15) is 0 Å². The van der Waals surface area contributed by atoms with Gasteiger partial charge in [0.05, 0.1) is 12.0 Å². The molecule has 1 unspecified atom stereocenters. The number of hydrogen-bond donors (Lipinski definition) is 0. The highest BCUT2D eigenvalue weighted by molar-refractivity contribution is 6.20. The number of alkyl halides is 1. The summed E-state index contributed by atoms with van der Waals surface area (Å²) in [6.45, 7) is 2.14. The average molecular weight is 327 g/mol. The first-order chi connectivity index (χ1) is 10.6. The Morgan fingerprint density at radius 1 is 1.36 bits per heavy atom. The zero-order chi connectivity index (χ0) is 15.9. The minimum Gasteiger partial charge on any atom is -0.466 e. The summed E-state index contributed by atoms with van der Waals surface area (Å²) in [6, 6.07) is 5.31. The van der Waals surface area contributed by atoms with Crippen molar-refractivity contribution in [1.82, 2.24) is 0 Å². The van der Waals surface area contributed by atoms with E-state index in [9.17, 15) is 9.18 Å². The summed E-state index contributed by atoms with van der Waals surface area (Å²) in [7, 11) is 0. The molecule has 1 aliphatic rings. The number of carbonyl (C=O) groups is 1. The fourth-order valence-corrected chi connectivity index (χ4v) is 3.37. The summed E-state index contributed by atoms with van der Waals surface area (Å²) >= 11 is 6.29. The van der Waals surface area contributed by atoms with Crippen molar-refractivity contribution in [1.29, 1.82) is 0 Å². The van der Waals surface area contributed by atoms with Gasteiger partial charge in [0.15, 0.2) is 0 Å². The monoisotopic (exact) mass is 326 g/mol. The first-order valence-electron chi connectivity index (χ1n) is 8.20. The van der Waals surface area contributed by atoms with Gasteiger partial charge in [-0.3, -0.25) is 4.79 Å². The number of hydrogen-bond acceptors (Lipinski definition) is 2. The first-order valence-corrected chi connectivity index (χ1v) is 8.64. The van der Waals surface area contributed by atoms with Crippen LogP contribution in [0.2, 0.25) is 0 Å². The second kappa shape index (κ2) is 8.52. The number of ether oxygens (including phenoxy) is 1. The molecule has 0 aromatic heterocycles. The maximum atomic E-state index is 14.4. The number of rotatable bonds is 6. The van der Waals surface area contributed by atoms with Gasteiger partial charge >= 0.3 is 5.97 Å². The largest absolute Gasteiger partial charge is 0.466 e. The minimum absolute atomic E-state index is 0.161. The molecule has 0 radical (unpaired) electrons. The van der Waals surface area contributed by atoms with Crippen LogP contribution in [0.5, 0.6) is 0 Å². The van der Waals surface area contributed by atoms with E-state index in [0.717, 1.165) is 24.0 Å². The van der Waals surface area contributed by atoms with E-state index in [1.807, 2.05) is 12.1 Å². The van der Waals surface area contributed by atoms with E-state index >= 15 is 0 Å². The van der Waals surface area contributed by atoms with E-state index in [4.69, 9.17) is 16.3 Å². The molecular formula is C18H24ClFO2. The second-order valence-corrected chi connectivity index (χ2v) is 6.45. The van der Waals surface area contributed by atoms with Crippen LogP contribution >= 0.6 is 11.6 Å². The topological polar surface area (TPSA) is 26.3 Å². The molecule has 122 valence electrons. The highest BCUT2D eigenvalue weighted by Crippen LogP contribution is 2.35. The van der Waals surface area contributed by atoms with E-state index < -0.39 is 0 Å². The lowest BCUT2D eigenvalue weighted by atomic mass is 9.83. The normalized spacial score (nSPS) is 17.2. The van der Waals surface area contributed by atoms with Crippen LogP contribution < -0.4 is 0 Å². The summed E-state index contributed by atoms with van der Waals surface area (Å²) < 4.78 is 19.2. The summed E-state index contributed by atoms with van der Waals surface area (Å²) in [5.74, 6) is -0.0743. The minimum atomic E-state index is -0.362. The molecule has 1 fully saturated rings. The Morgan fingerprint density at radius 3 is 2.73 bits per heavy atom. The standard InChI is InChI=1S/C18H24ClFO2/c1-2-22-18(21)11-10-16(19)14-8-9-15(17(20)12-14)13-6-4-3-5-7-13/h8-9,12-13,16H,2-7,10-11H2,1H3. The number of esters is 1. The van der Waals surface area contributed by atoms with Gasteiger partial charge in [-0.05, 0) is 49.3 Å². The van der Waals surface area contributed by atoms with Crippen LogP contribution in [0.15, 0.2) is 18.2 Å². The highest BCUT2D eigenvalue weighted by atomic mass is 35.5. The van der Waals surface area contributed by atoms with Gasteiger partial charge in [-0.1, -0.05) is 31.4 Å². The Hall–Kier alpha value is -1.09. The Kier molecular flexibility index (Phi) is 6.69. The SMILES string of the molecule is CCOC(=O)CCC(Cl)c1ccc(C2CCCCC2)c(F)c1. The lowest BCUT2D eigenvalue weighted by molar-refractivity contribution is -0.143. The highest BCUT2D eigenvalue weighted by Gasteiger charge is 2.20. The zero-order valence-electron chi connectivity index (χ0n) is 13.1. The molecule has 0 N–H and O–H groups in total. The molecule has 1 aromatic carbocycles. The molecule has 2 rings (SSSR count). The lowest BCUT2D eigenvalue weighted by Crippen LogP contribution is -2.08. The summed E-state index contributed by atoms with van der Waals surface area (Å²) in [5.41, 5.74) is 1.56. The molecule has 0 heterocycles. The molecule has 22 heavy (non-hydrogen) atoms. The second-order valence-electron chi connectivity index (χ2n) is 5.93. The van der Waals surface area contributed by atoms with Crippen LogP contribution in [0.1, 0.15) is 74.3 Å². The van der Waals surface area contributed by atoms with Gasteiger partial charge < -0.3 is 4.74 Å². The average Bonchev–Trinajstić information content (AvgIpc) is 2.53. The number of carbonyl (C=O) groups excluding carboxylic acids is 1. The van der Waals surface area contributed by atoms with Crippen molar-refractivity contribution in [2.24, 2.45) is 0 Å². The van der Waals surface area contributed by atoms with Gasteiger partial charge in [0.25, 0.3) is 0 Å². The fourth-order valence-electron chi connectivity index (χ4n) is 3.13. The summed E-state index contributed by atoms with van der Waals surface area (Å²) in [4.78, 5) is 11.4. The molecule has 1 atom stereocenters. The van der Waals surface area contributed by atoms with Crippen molar-refractivity contribution in [3.8, 4) is 0 Å². The lowest BCUT2D eigenvalue weighted by Gasteiger charge is -2.23. The van der Waals surface area contributed by atoms with Crippen molar-refractivity contribution < 1.29 is 13.9 Å². The third-order valence-corrected chi connectivity index (χ3v) is 4.81. The number of halogens is 2. The van der Waals surface area contributed by atoms with E-state index in [-0.39, 0.29) is 23.6 Å². The van der Waals surface area contributed by atoms with Crippen molar-refractivity contribution in [2.45, 2.75) is 63.2 Å². The maximum Gasteiger partial charge on any atom is 0.305 e. The van der Waals surface area contributed by atoms with Crippen molar-refractivity contribution in [3.63, 3.8) is 0 Å². The Balaban J connectivity index is 1.97. The molecule has 0 spiro atoms. The maximum absolute atomic E-state index is 14.4. The molecule has 4 heteroatoms. The Labute approximate surface area is 137 Å². The van der Waals surface area contributed by atoms with E-state index in [2.05, 4.69) is 0 Å². The quantitative estimate of drug-likeness (QED) is 0.510. The van der Waals surface area contributed by atoms with Crippen LogP contribution in [-0.4, -0.2) is 12.6 Å². The predicted molar refractivity (Wildman–Crippen MR) is 86.7 cm³/mol. The van der Waals surface area contributed by atoms with E-state index in [1.54, 1.807) is 6.92 Å². The summed E-state index contributed by atoms with van der Waals surface area (Å²) in [5, 5.41) is -0.362. The molecule has 2 nitrogen and oxygen atoms in total. The molecule has 0 amide bonds. The van der Waals surface area contributed by atoms with Crippen LogP contribution in [-0.2, 0) is 9.53 Å². The zero-order valence-corrected chi connectivity index (χ0v) is 13.9. The van der Waals surface area contributed by atoms with E-state index in [0.29, 0.717) is 18.9 Å². The van der Waals surface area contributed by atoms with Crippen LogP contribution in [0.3, 0.4) is 0 Å². The van der Waals surface area contributed by atoms with E-state index in [1.165, 1.54) is 25.3 Å². The first kappa shape index (κ1) is 17.3. The third-order valence-electron chi connectivity index (χ3n) is 4.34. The Morgan fingerprint density at radius 2 is 2.09 bits per heavy atom. The van der Waals surface area contributed by atoms with Gasteiger partial charge in [-0.15, -0.1) is 11.6 Å². The third kappa shape index (κ3) is 4.70. The van der Waals surface area contributed by atoms with Crippen molar-refractivity contribution >= 4 is 17.6 Å². The molecule has 1 aliphatic carbocycles. The Bertz CT molecular complexity index is 498.